The molecule has 1 aliphatic heterocycles. The minimum Gasteiger partial charge on any atom is -0.662 e. The van der Waals surface area contributed by atoms with E-state index in [9.17, 15) is 4.79 Å². The van der Waals surface area contributed by atoms with Crippen molar-refractivity contribution in [1.29, 1.82) is 0 Å². The summed E-state index contributed by atoms with van der Waals surface area (Å²) in [6.07, 6.45) is 2.40. The molecule has 1 N–H and O–H groups in total. The van der Waals surface area contributed by atoms with E-state index in [1.807, 2.05) is 0 Å². The van der Waals surface area contributed by atoms with E-state index in [0.29, 0.717) is 5.92 Å². The van der Waals surface area contributed by atoms with E-state index >= 15 is 0 Å². The predicted molar refractivity (Wildman–Crippen MR) is 44.5 cm³/mol. The first-order valence-electron chi connectivity index (χ1n) is 4.16. The normalized spacial score (nSPS) is 22.6. The maximum Gasteiger partial charge on any atom is 1.00 e. The van der Waals surface area contributed by atoms with Crippen molar-refractivity contribution in [1.82, 2.24) is 5.32 Å². The SMILES string of the molecule is CC(=O)NCC1CCC[N-]C1.[K+]. The van der Waals surface area contributed by atoms with E-state index in [-0.39, 0.29) is 57.3 Å². The third-order valence-corrected chi connectivity index (χ3v) is 1.96. The van der Waals surface area contributed by atoms with Crippen molar-refractivity contribution >= 4 is 5.91 Å². The van der Waals surface area contributed by atoms with E-state index in [0.717, 1.165) is 19.6 Å². The average Bonchev–Trinajstić information content (AvgIpc) is 2.03. The van der Waals surface area contributed by atoms with Crippen LogP contribution >= 0.6 is 0 Å². The Morgan fingerprint density at radius 1 is 1.67 bits per heavy atom. The van der Waals surface area contributed by atoms with Crippen LogP contribution in [0.1, 0.15) is 19.8 Å². The molecule has 0 aromatic heterocycles. The van der Waals surface area contributed by atoms with Crippen LogP contribution in [-0.2, 0) is 4.79 Å². The van der Waals surface area contributed by atoms with Crippen molar-refractivity contribution in [2.24, 2.45) is 5.92 Å². The van der Waals surface area contributed by atoms with Gasteiger partial charge in [-0.25, -0.2) is 0 Å². The molecule has 0 aromatic carbocycles. The quantitative estimate of drug-likeness (QED) is 0.503. The van der Waals surface area contributed by atoms with Gasteiger partial charge in [0, 0.05) is 13.5 Å². The number of rotatable bonds is 2. The van der Waals surface area contributed by atoms with E-state index < -0.39 is 0 Å². The molecule has 1 atom stereocenters. The molecule has 0 aromatic rings. The Bertz CT molecular complexity index is 135. The summed E-state index contributed by atoms with van der Waals surface area (Å²) in [6.45, 7) is 4.30. The second kappa shape index (κ2) is 7.47. The molecule has 1 fully saturated rings. The largest absolute Gasteiger partial charge is 1.00 e. The summed E-state index contributed by atoms with van der Waals surface area (Å²) in [7, 11) is 0. The van der Waals surface area contributed by atoms with E-state index in [1.54, 1.807) is 6.92 Å². The number of hydrogen-bond acceptors (Lipinski definition) is 1. The van der Waals surface area contributed by atoms with Gasteiger partial charge < -0.3 is 10.6 Å². The summed E-state index contributed by atoms with van der Waals surface area (Å²) < 4.78 is 0. The number of piperidine rings is 1. The molecule has 0 radical (unpaired) electrons. The maximum atomic E-state index is 10.5. The van der Waals surface area contributed by atoms with Gasteiger partial charge in [-0.3, -0.25) is 4.79 Å². The first-order chi connectivity index (χ1) is 5.29. The minimum absolute atomic E-state index is 0. The van der Waals surface area contributed by atoms with Crippen LogP contribution in [0.2, 0.25) is 0 Å². The first-order valence-corrected chi connectivity index (χ1v) is 4.16. The maximum absolute atomic E-state index is 10.5. The molecule has 1 rings (SSSR count). The van der Waals surface area contributed by atoms with E-state index in [1.165, 1.54) is 12.8 Å². The smallest absolute Gasteiger partial charge is 0.662 e. The topological polar surface area (TPSA) is 43.2 Å². The molecule has 1 amide bonds. The van der Waals surface area contributed by atoms with Crippen LogP contribution in [0, 0.1) is 5.92 Å². The van der Waals surface area contributed by atoms with Crippen LogP contribution in [0.5, 0.6) is 0 Å². The second-order valence-electron chi connectivity index (χ2n) is 3.08. The Labute approximate surface area is 116 Å². The molecule has 0 saturated carbocycles. The molecule has 1 unspecified atom stereocenters. The monoisotopic (exact) mass is 194 g/mol. The molecule has 1 aliphatic rings. The van der Waals surface area contributed by atoms with E-state index in [2.05, 4.69) is 10.6 Å². The third kappa shape index (κ3) is 5.67. The summed E-state index contributed by atoms with van der Waals surface area (Å²) in [5.41, 5.74) is 0. The van der Waals surface area contributed by atoms with Crippen molar-refractivity contribution in [3.05, 3.63) is 5.32 Å². The molecule has 1 heterocycles. The summed E-state index contributed by atoms with van der Waals surface area (Å²) in [5.74, 6) is 0.656. The Kier molecular flexibility index (Phi) is 8.13. The van der Waals surface area contributed by atoms with Crippen LogP contribution in [0.4, 0.5) is 0 Å². The van der Waals surface area contributed by atoms with Crippen molar-refractivity contribution in [3.8, 4) is 0 Å². The number of amides is 1. The fraction of sp³-hybridized carbons (Fsp3) is 0.875. The van der Waals surface area contributed by atoms with Crippen molar-refractivity contribution in [2.45, 2.75) is 19.8 Å². The molecule has 0 spiro atoms. The predicted octanol–water partition coefficient (Wildman–Crippen LogP) is -2.09. The Balaban J connectivity index is 0.00000121. The van der Waals surface area contributed by atoms with Gasteiger partial charge >= 0.3 is 51.4 Å². The van der Waals surface area contributed by atoms with Gasteiger partial charge in [-0.1, -0.05) is 12.8 Å². The van der Waals surface area contributed by atoms with Crippen LogP contribution in [0.3, 0.4) is 0 Å². The molecule has 0 bridgehead atoms. The van der Waals surface area contributed by atoms with Gasteiger partial charge in [0.1, 0.15) is 0 Å². The van der Waals surface area contributed by atoms with Crippen molar-refractivity contribution in [3.63, 3.8) is 0 Å². The number of hydrogen-bond donors (Lipinski definition) is 1. The standard InChI is InChI=1S/C8H15N2O.K/c1-7(11)10-6-8-3-2-4-9-5-8;/h8H,2-6H2,1H3,(H,10,11);/q-1;+1. The number of carbonyl (C=O) groups excluding carboxylic acids is 1. The molecular formula is C8H15KN2O. The molecule has 4 heteroatoms. The first kappa shape index (κ1) is 13.1. The second-order valence-corrected chi connectivity index (χ2v) is 3.08. The third-order valence-electron chi connectivity index (χ3n) is 1.96. The van der Waals surface area contributed by atoms with Crippen molar-refractivity contribution < 1.29 is 56.2 Å². The van der Waals surface area contributed by atoms with Gasteiger partial charge in [-0.2, -0.15) is 0 Å². The summed E-state index contributed by atoms with van der Waals surface area (Å²) >= 11 is 0. The number of carbonyl (C=O) groups is 1. The molecule has 0 aliphatic carbocycles. The van der Waals surface area contributed by atoms with Crippen LogP contribution in [0.25, 0.3) is 5.32 Å². The van der Waals surface area contributed by atoms with Crippen molar-refractivity contribution in [2.75, 3.05) is 19.6 Å². The number of nitrogens with zero attached hydrogens (tertiary/aromatic N) is 1. The minimum atomic E-state index is 0. The van der Waals surface area contributed by atoms with Gasteiger partial charge in [0.15, 0.2) is 0 Å². The van der Waals surface area contributed by atoms with Crippen LogP contribution in [-0.4, -0.2) is 25.5 Å². The molecular weight excluding hydrogens is 179 g/mol. The van der Waals surface area contributed by atoms with Gasteiger partial charge in [-0.05, 0) is 5.92 Å². The van der Waals surface area contributed by atoms with Crippen LogP contribution in [0.15, 0.2) is 0 Å². The fourth-order valence-electron chi connectivity index (χ4n) is 1.31. The van der Waals surface area contributed by atoms with Gasteiger partial charge in [0.2, 0.25) is 5.91 Å². The molecule has 3 nitrogen and oxygen atoms in total. The summed E-state index contributed by atoms with van der Waals surface area (Å²) in [6, 6.07) is 0. The Hall–Kier alpha value is 1.07. The zero-order valence-electron chi connectivity index (χ0n) is 7.97. The van der Waals surface area contributed by atoms with Gasteiger partial charge in [0.05, 0.1) is 0 Å². The Morgan fingerprint density at radius 2 is 2.42 bits per heavy atom. The molecule has 12 heavy (non-hydrogen) atoms. The zero-order chi connectivity index (χ0) is 8.10. The summed E-state index contributed by atoms with van der Waals surface area (Å²) in [5, 5.41) is 7.10. The van der Waals surface area contributed by atoms with Crippen LogP contribution < -0.4 is 56.7 Å². The molecule has 1 saturated heterocycles. The Morgan fingerprint density at radius 3 is 2.92 bits per heavy atom. The zero-order valence-corrected chi connectivity index (χ0v) is 11.1. The molecule has 64 valence electrons. The average molecular weight is 194 g/mol. The summed E-state index contributed by atoms with van der Waals surface area (Å²) in [4.78, 5) is 10.5. The van der Waals surface area contributed by atoms with E-state index in [4.69, 9.17) is 0 Å². The van der Waals surface area contributed by atoms with Gasteiger partial charge in [-0.15, -0.1) is 13.1 Å². The fourth-order valence-corrected chi connectivity index (χ4v) is 1.31. The van der Waals surface area contributed by atoms with Gasteiger partial charge in [0.25, 0.3) is 0 Å². The number of nitrogens with one attached hydrogen (secondary N) is 1.